The van der Waals surface area contributed by atoms with Gasteiger partial charge in [0.05, 0.1) is 11.9 Å². The highest BCUT2D eigenvalue weighted by atomic mass is 32.2. The van der Waals surface area contributed by atoms with E-state index in [1.165, 1.54) is 0 Å². The van der Waals surface area contributed by atoms with E-state index in [4.69, 9.17) is 0 Å². The second-order valence-electron chi connectivity index (χ2n) is 5.90. The minimum atomic E-state index is -3.19. The lowest BCUT2D eigenvalue weighted by Gasteiger charge is -2.35. The average Bonchev–Trinajstić information content (AvgIpc) is 2.94. The Morgan fingerprint density at radius 1 is 1.43 bits per heavy atom. The van der Waals surface area contributed by atoms with Gasteiger partial charge in [-0.05, 0) is 43.6 Å². The van der Waals surface area contributed by atoms with Crippen molar-refractivity contribution in [3.8, 4) is 0 Å². The summed E-state index contributed by atoms with van der Waals surface area (Å²) in [4.78, 5) is 15.4. The molecule has 0 radical (unpaired) electrons. The predicted molar refractivity (Wildman–Crippen MR) is 90.0 cm³/mol. The van der Waals surface area contributed by atoms with Crippen LogP contribution in [0.4, 0.5) is 0 Å². The molecule has 130 valence electrons. The van der Waals surface area contributed by atoms with Crippen LogP contribution < -0.4 is 4.72 Å². The van der Waals surface area contributed by atoms with Crippen molar-refractivity contribution >= 4 is 27.5 Å². The summed E-state index contributed by atoms with van der Waals surface area (Å²) >= 11 is 1.16. The molecule has 1 atom stereocenters. The van der Waals surface area contributed by atoms with Gasteiger partial charge in [-0.1, -0.05) is 17.8 Å². The topological polar surface area (TPSA) is 92.3 Å². The molecule has 2 heterocycles. The van der Waals surface area contributed by atoms with Gasteiger partial charge in [-0.25, -0.2) is 13.1 Å². The predicted octanol–water partition coefficient (Wildman–Crippen LogP) is 1.42. The molecule has 2 rings (SSSR count). The van der Waals surface area contributed by atoms with Gasteiger partial charge in [-0.3, -0.25) is 4.79 Å². The molecule has 1 saturated heterocycles. The molecule has 1 amide bonds. The first-order chi connectivity index (χ1) is 10.9. The Morgan fingerprint density at radius 2 is 2.22 bits per heavy atom. The van der Waals surface area contributed by atoms with E-state index in [0.29, 0.717) is 24.4 Å². The number of sulfonamides is 1. The maximum Gasteiger partial charge on any atom is 0.267 e. The highest BCUT2D eigenvalue weighted by molar-refractivity contribution is 7.88. The van der Waals surface area contributed by atoms with Gasteiger partial charge >= 0.3 is 0 Å². The lowest BCUT2D eigenvalue weighted by atomic mass is 9.99. The van der Waals surface area contributed by atoms with Crippen LogP contribution in [0.3, 0.4) is 0 Å². The Morgan fingerprint density at radius 3 is 2.91 bits per heavy atom. The monoisotopic (exact) mass is 360 g/mol. The van der Waals surface area contributed by atoms with E-state index in [1.54, 1.807) is 0 Å². The van der Waals surface area contributed by atoms with Gasteiger partial charge in [0.2, 0.25) is 10.0 Å². The van der Waals surface area contributed by atoms with E-state index >= 15 is 0 Å². The summed E-state index contributed by atoms with van der Waals surface area (Å²) in [5.41, 5.74) is 0.779. The first-order valence-corrected chi connectivity index (χ1v) is 10.7. The van der Waals surface area contributed by atoms with Crippen molar-refractivity contribution in [1.29, 1.82) is 0 Å². The van der Waals surface area contributed by atoms with Crippen LogP contribution in [0.1, 0.15) is 54.4 Å². The minimum absolute atomic E-state index is 0.00694. The van der Waals surface area contributed by atoms with E-state index in [2.05, 4.69) is 14.3 Å². The number of piperidine rings is 1. The molecule has 1 aliphatic rings. The molecule has 0 bridgehead atoms. The Hall–Kier alpha value is -1.06. The fourth-order valence-corrected chi connectivity index (χ4v) is 4.03. The number of nitrogens with zero attached hydrogens (tertiary/aromatic N) is 3. The summed E-state index contributed by atoms with van der Waals surface area (Å²) in [5, 5.41) is 4.07. The third-order valence-corrected chi connectivity index (χ3v) is 5.45. The van der Waals surface area contributed by atoms with E-state index in [1.807, 2.05) is 11.8 Å². The molecular formula is C14H24N4O3S2. The van der Waals surface area contributed by atoms with Gasteiger partial charge < -0.3 is 4.90 Å². The van der Waals surface area contributed by atoms with Gasteiger partial charge in [-0.15, -0.1) is 5.10 Å². The lowest BCUT2D eigenvalue weighted by molar-refractivity contribution is 0.0607. The third kappa shape index (κ3) is 5.22. The lowest BCUT2D eigenvalue weighted by Crippen LogP contribution is -2.45. The molecule has 23 heavy (non-hydrogen) atoms. The van der Waals surface area contributed by atoms with Crippen LogP contribution in [0, 0.1) is 0 Å². The Kier molecular flexibility index (Phi) is 6.49. The maximum atomic E-state index is 12.8. The fraction of sp³-hybridized carbons (Fsp3) is 0.786. The number of amides is 1. The quantitative estimate of drug-likeness (QED) is 0.794. The normalized spacial score (nSPS) is 19.0. The van der Waals surface area contributed by atoms with E-state index in [0.717, 1.165) is 55.6 Å². The molecule has 1 aromatic rings. The third-order valence-electron chi connectivity index (χ3n) is 3.97. The SMILES string of the molecule is CCCc1nnsc1C(=O)N1CCCC[C@H]1CCNS(C)(=O)=O. The smallest absolute Gasteiger partial charge is 0.267 e. The minimum Gasteiger partial charge on any atom is -0.335 e. The second kappa shape index (κ2) is 8.16. The molecule has 1 N–H and O–H groups in total. The van der Waals surface area contributed by atoms with Gasteiger partial charge in [0.15, 0.2) is 0 Å². The first kappa shape index (κ1) is 18.3. The number of aromatic nitrogens is 2. The zero-order chi connectivity index (χ0) is 16.9. The highest BCUT2D eigenvalue weighted by Crippen LogP contribution is 2.24. The Labute approximate surface area is 141 Å². The van der Waals surface area contributed by atoms with Crippen molar-refractivity contribution < 1.29 is 13.2 Å². The number of hydrogen-bond acceptors (Lipinski definition) is 6. The van der Waals surface area contributed by atoms with Crippen molar-refractivity contribution in [3.63, 3.8) is 0 Å². The summed E-state index contributed by atoms with van der Waals surface area (Å²) in [7, 11) is -3.19. The number of rotatable bonds is 7. The summed E-state index contributed by atoms with van der Waals surface area (Å²) in [6, 6.07) is 0.0714. The Bertz CT molecular complexity index is 630. The van der Waals surface area contributed by atoms with E-state index in [-0.39, 0.29) is 11.9 Å². The van der Waals surface area contributed by atoms with Crippen LogP contribution in [-0.4, -0.2) is 54.2 Å². The van der Waals surface area contributed by atoms with Crippen LogP contribution in [-0.2, 0) is 16.4 Å². The van der Waals surface area contributed by atoms with Crippen LogP contribution >= 0.6 is 11.5 Å². The van der Waals surface area contributed by atoms with Crippen LogP contribution in [0.15, 0.2) is 0 Å². The summed E-state index contributed by atoms with van der Waals surface area (Å²) in [6.07, 6.45) is 6.42. The molecule has 7 nitrogen and oxygen atoms in total. The van der Waals surface area contributed by atoms with Gasteiger partial charge in [0.25, 0.3) is 5.91 Å². The molecule has 0 saturated carbocycles. The first-order valence-electron chi connectivity index (χ1n) is 7.99. The molecule has 1 aliphatic heterocycles. The van der Waals surface area contributed by atoms with Gasteiger partial charge in [0, 0.05) is 19.1 Å². The van der Waals surface area contributed by atoms with Crippen molar-refractivity contribution in [2.24, 2.45) is 0 Å². The van der Waals surface area contributed by atoms with Crippen LogP contribution in [0.25, 0.3) is 0 Å². The summed E-state index contributed by atoms with van der Waals surface area (Å²) in [5.74, 6) is -0.00694. The summed E-state index contributed by atoms with van der Waals surface area (Å²) < 4.78 is 28.8. The molecule has 9 heteroatoms. The van der Waals surface area contributed by atoms with E-state index < -0.39 is 10.0 Å². The molecule has 0 aliphatic carbocycles. The highest BCUT2D eigenvalue weighted by Gasteiger charge is 2.30. The van der Waals surface area contributed by atoms with Crippen LogP contribution in [0.2, 0.25) is 0 Å². The van der Waals surface area contributed by atoms with E-state index in [9.17, 15) is 13.2 Å². The van der Waals surface area contributed by atoms with Crippen molar-refractivity contribution in [3.05, 3.63) is 10.6 Å². The zero-order valence-corrected chi connectivity index (χ0v) is 15.3. The fourth-order valence-electron chi connectivity index (χ4n) is 2.88. The zero-order valence-electron chi connectivity index (χ0n) is 13.6. The van der Waals surface area contributed by atoms with Crippen molar-refractivity contribution in [2.75, 3.05) is 19.3 Å². The van der Waals surface area contributed by atoms with Crippen molar-refractivity contribution in [1.82, 2.24) is 19.2 Å². The van der Waals surface area contributed by atoms with Gasteiger partial charge in [0.1, 0.15) is 4.88 Å². The molecule has 0 unspecified atom stereocenters. The Balaban J connectivity index is 2.05. The number of aryl methyl sites for hydroxylation is 1. The molecule has 1 aromatic heterocycles. The number of likely N-dealkylation sites (tertiary alicyclic amines) is 1. The number of carbonyl (C=O) groups is 1. The summed E-state index contributed by atoms with van der Waals surface area (Å²) in [6.45, 7) is 3.12. The molecule has 0 aromatic carbocycles. The largest absolute Gasteiger partial charge is 0.335 e. The molecular weight excluding hydrogens is 336 g/mol. The number of nitrogens with one attached hydrogen (secondary N) is 1. The molecule has 0 spiro atoms. The standard InChI is InChI=1S/C14H24N4O3S2/c1-3-6-12-13(22-17-16-12)14(19)18-10-5-4-7-11(18)8-9-15-23(2,20)21/h11,15H,3-10H2,1-2H3/t11-/m0/s1. The average molecular weight is 361 g/mol. The van der Waals surface area contributed by atoms with Gasteiger partial charge in [-0.2, -0.15) is 0 Å². The second-order valence-corrected chi connectivity index (χ2v) is 8.49. The maximum absolute atomic E-state index is 12.8. The number of hydrogen-bond donors (Lipinski definition) is 1. The number of carbonyl (C=O) groups excluding carboxylic acids is 1. The van der Waals surface area contributed by atoms with Crippen molar-refractivity contribution in [2.45, 2.75) is 51.5 Å². The van der Waals surface area contributed by atoms with Crippen LogP contribution in [0.5, 0.6) is 0 Å². The molecule has 1 fully saturated rings.